The van der Waals surface area contributed by atoms with Gasteiger partial charge in [0.25, 0.3) is 0 Å². The van der Waals surface area contributed by atoms with E-state index < -0.39 is 59.9 Å². The third kappa shape index (κ3) is 4.17. The van der Waals surface area contributed by atoms with Gasteiger partial charge in [-0.25, -0.2) is 0 Å². The van der Waals surface area contributed by atoms with E-state index in [9.17, 15) is 2.74 Å². The molecule has 0 aliphatic carbocycles. The van der Waals surface area contributed by atoms with Gasteiger partial charge in [0.1, 0.15) is 11.2 Å². The van der Waals surface area contributed by atoms with E-state index in [0.717, 1.165) is 43.8 Å². The monoisotopic (exact) mass is 583 g/mol. The van der Waals surface area contributed by atoms with Gasteiger partial charge >= 0.3 is 0 Å². The Kier molecular flexibility index (Phi) is 3.87. The standard InChI is InChI=1S/C44H28O/c1-3-13-29(14-4-1)34-23-12-24-39-40-28-32(25-26-41(40)45-44(34)39)31-17-11-18-33(27-31)43-37-21-9-7-19-35(37)42(30-15-5-2-6-16-30)36-20-8-10-22-38(36)43/h1-28H/i1D,3D,4D,12D,13D,14D,23D,24D,25D,26D,28D. The SMILES string of the molecule is [2H]c1c([2H])c([2H])c(-c2c([2H])c([2H])c([2H])c3c2oc2c([2H])c([2H])c(-c4cccc(-c5c6ccccc6c(-c6ccccc6)c6ccccc56)c4)c([2H])c23)c([2H])c1[2H]. The van der Waals surface area contributed by atoms with Gasteiger partial charge in [-0.1, -0.05) is 151 Å². The second-order valence-corrected chi connectivity index (χ2v) is 10.8. The molecule has 0 spiro atoms. The van der Waals surface area contributed by atoms with Crippen molar-refractivity contribution in [1.82, 2.24) is 0 Å². The summed E-state index contributed by atoms with van der Waals surface area (Å²) in [7, 11) is 0. The molecule has 0 atom stereocenters. The molecule has 0 unspecified atom stereocenters. The van der Waals surface area contributed by atoms with E-state index in [1.807, 2.05) is 60.7 Å². The van der Waals surface area contributed by atoms with Gasteiger partial charge in [0.15, 0.2) is 0 Å². The number of benzene rings is 8. The minimum atomic E-state index is -0.653. The Hall–Kier alpha value is -5.92. The summed E-state index contributed by atoms with van der Waals surface area (Å²) >= 11 is 0. The first-order valence-electron chi connectivity index (χ1n) is 20.0. The smallest absolute Gasteiger partial charge is 0.143 e. The number of fused-ring (bicyclic) bond motifs is 5. The molecule has 0 aliphatic rings. The quantitative estimate of drug-likeness (QED) is 0.188. The van der Waals surface area contributed by atoms with Gasteiger partial charge < -0.3 is 4.42 Å². The van der Waals surface area contributed by atoms with E-state index >= 15 is 0 Å². The molecule has 1 heteroatoms. The lowest BCUT2D eigenvalue weighted by atomic mass is 9.85. The summed E-state index contributed by atoms with van der Waals surface area (Å²) in [5.74, 6) is 0. The van der Waals surface area contributed by atoms with Crippen LogP contribution < -0.4 is 0 Å². The van der Waals surface area contributed by atoms with Crippen molar-refractivity contribution in [3.8, 4) is 44.5 Å². The minimum Gasteiger partial charge on any atom is -0.455 e. The topological polar surface area (TPSA) is 13.1 Å². The first-order valence-corrected chi connectivity index (χ1v) is 14.5. The van der Waals surface area contributed by atoms with Crippen molar-refractivity contribution < 1.29 is 19.5 Å². The van der Waals surface area contributed by atoms with Crippen LogP contribution in [0.2, 0.25) is 0 Å². The summed E-state index contributed by atoms with van der Waals surface area (Å²) in [5, 5.41) is 3.95. The van der Waals surface area contributed by atoms with Crippen molar-refractivity contribution in [2.24, 2.45) is 0 Å². The molecule has 1 heterocycles. The van der Waals surface area contributed by atoms with Crippen molar-refractivity contribution in [3.63, 3.8) is 0 Å². The molecule has 8 aromatic carbocycles. The number of furan rings is 1. The largest absolute Gasteiger partial charge is 0.455 e. The summed E-state index contributed by atoms with van der Waals surface area (Å²) in [6, 6.07) is 28.2. The van der Waals surface area contributed by atoms with E-state index in [2.05, 4.69) is 36.4 Å². The highest BCUT2D eigenvalue weighted by Gasteiger charge is 2.17. The fourth-order valence-electron chi connectivity index (χ4n) is 6.30. The Morgan fingerprint density at radius 2 is 1.02 bits per heavy atom. The van der Waals surface area contributed by atoms with Crippen LogP contribution in [-0.4, -0.2) is 0 Å². The molecule has 9 rings (SSSR count). The second-order valence-electron chi connectivity index (χ2n) is 10.8. The molecule has 9 aromatic rings. The van der Waals surface area contributed by atoms with Crippen LogP contribution in [0.4, 0.5) is 0 Å². The number of hydrogen-bond donors (Lipinski definition) is 0. The van der Waals surface area contributed by atoms with Gasteiger partial charge in [0.05, 0.1) is 15.1 Å². The maximum atomic E-state index is 9.54. The maximum Gasteiger partial charge on any atom is 0.143 e. The van der Waals surface area contributed by atoms with Gasteiger partial charge in [-0.2, -0.15) is 0 Å². The van der Waals surface area contributed by atoms with E-state index in [1.165, 1.54) is 0 Å². The molecule has 0 amide bonds. The summed E-state index contributed by atoms with van der Waals surface area (Å²) in [6.45, 7) is 0. The van der Waals surface area contributed by atoms with E-state index in [4.69, 9.17) is 16.8 Å². The average molecular weight is 584 g/mol. The highest BCUT2D eigenvalue weighted by atomic mass is 16.3. The van der Waals surface area contributed by atoms with Crippen LogP contribution in [0.25, 0.3) is 88.0 Å². The zero-order valence-corrected chi connectivity index (χ0v) is 23.7. The molecule has 0 radical (unpaired) electrons. The fourth-order valence-corrected chi connectivity index (χ4v) is 6.30. The molecule has 1 aromatic heterocycles. The molecule has 210 valence electrons. The fraction of sp³-hybridized carbons (Fsp3) is 0. The molecular formula is C44H28O. The number of rotatable bonds is 4. The number of hydrogen-bond acceptors (Lipinski definition) is 1. The lowest BCUT2D eigenvalue weighted by Crippen LogP contribution is -1.91. The molecule has 0 aliphatic heterocycles. The number of para-hydroxylation sites is 1. The lowest BCUT2D eigenvalue weighted by molar-refractivity contribution is 0.670. The zero-order valence-electron chi connectivity index (χ0n) is 34.7. The average Bonchev–Trinajstić information content (AvgIpc) is 3.62. The first kappa shape index (κ1) is 16.8. The summed E-state index contributed by atoms with van der Waals surface area (Å²) in [5.41, 5.74) is 3.28. The van der Waals surface area contributed by atoms with Crippen LogP contribution in [0.5, 0.6) is 0 Å². The zero-order chi connectivity index (χ0) is 39.3. The van der Waals surface area contributed by atoms with Crippen molar-refractivity contribution in [3.05, 3.63) is 170 Å². The molecule has 0 saturated heterocycles. The Balaban J connectivity index is 1.33. The maximum absolute atomic E-state index is 9.54. The van der Waals surface area contributed by atoms with E-state index in [0.29, 0.717) is 5.56 Å². The van der Waals surface area contributed by atoms with Gasteiger partial charge in [-0.05, 0) is 78.6 Å². The predicted molar refractivity (Wildman–Crippen MR) is 190 cm³/mol. The molecule has 45 heavy (non-hydrogen) atoms. The summed E-state index contributed by atoms with van der Waals surface area (Å²) in [6.07, 6.45) is 0. The van der Waals surface area contributed by atoms with Crippen LogP contribution >= 0.6 is 0 Å². The van der Waals surface area contributed by atoms with Gasteiger partial charge in [0, 0.05) is 16.3 Å². The van der Waals surface area contributed by atoms with Crippen LogP contribution in [0, 0.1) is 0 Å². The molecule has 0 fully saturated rings. The third-order valence-electron chi connectivity index (χ3n) is 8.25. The van der Waals surface area contributed by atoms with E-state index in [1.54, 1.807) is 6.07 Å². The Labute approximate surface area is 277 Å². The molecule has 0 bridgehead atoms. The van der Waals surface area contributed by atoms with Crippen molar-refractivity contribution >= 4 is 43.5 Å². The second kappa shape index (κ2) is 10.4. The van der Waals surface area contributed by atoms with Crippen molar-refractivity contribution in [2.45, 2.75) is 0 Å². The highest BCUT2D eigenvalue weighted by molar-refractivity contribution is 6.21. The third-order valence-corrected chi connectivity index (χ3v) is 8.25. The molecular weight excluding hydrogens is 544 g/mol. The van der Waals surface area contributed by atoms with E-state index in [-0.39, 0.29) is 45.2 Å². The van der Waals surface area contributed by atoms with Crippen LogP contribution in [0.1, 0.15) is 15.1 Å². The summed E-state index contributed by atoms with van der Waals surface area (Å²) < 4.78 is 102. The molecule has 1 nitrogen and oxygen atoms in total. The lowest BCUT2D eigenvalue weighted by Gasteiger charge is -2.18. The van der Waals surface area contributed by atoms with Gasteiger partial charge in [0.2, 0.25) is 0 Å². The first-order chi connectivity index (χ1) is 26.9. The Bertz CT molecular complexity index is 3070. The van der Waals surface area contributed by atoms with Gasteiger partial charge in [-0.15, -0.1) is 0 Å². The Morgan fingerprint density at radius 1 is 0.400 bits per heavy atom. The van der Waals surface area contributed by atoms with Crippen LogP contribution in [0.15, 0.2) is 174 Å². The normalized spacial score (nSPS) is 15.0. The van der Waals surface area contributed by atoms with Crippen LogP contribution in [-0.2, 0) is 0 Å². The minimum absolute atomic E-state index is 0.0448. The molecule has 0 saturated carbocycles. The van der Waals surface area contributed by atoms with Gasteiger partial charge in [-0.3, -0.25) is 0 Å². The van der Waals surface area contributed by atoms with Crippen molar-refractivity contribution in [2.75, 3.05) is 0 Å². The van der Waals surface area contributed by atoms with Crippen LogP contribution in [0.3, 0.4) is 0 Å². The Morgan fingerprint density at radius 3 is 1.73 bits per heavy atom. The highest BCUT2D eigenvalue weighted by Crippen LogP contribution is 2.44. The summed E-state index contributed by atoms with van der Waals surface area (Å²) in [4.78, 5) is 0. The molecule has 0 N–H and O–H groups in total. The predicted octanol–water partition coefficient (Wildman–Crippen LogP) is 12.6. The van der Waals surface area contributed by atoms with Crippen molar-refractivity contribution in [1.29, 1.82) is 0 Å².